The highest BCUT2D eigenvalue weighted by molar-refractivity contribution is 7.89. The van der Waals surface area contributed by atoms with Crippen LogP contribution in [-0.4, -0.2) is 36.9 Å². The third kappa shape index (κ3) is 5.06. The maximum Gasteiger partial charge on any atom is 0.214 e. The van der Waals surface area contributed by atoms with Gasteiger partial charge in [0.05, 0.1) is 5.75 Å². The van der Waals surface area contributed by atoms with Gasteiger partial charge >= 0.3 is 0 Å². The van der Waals surface area contributed by atoms with Gasteiger partial charge in [0, 0.05) is 18.5 Å². The fourth-order valence-electron chi connectivity index (χ4n) is 1.99. The smallest absolute Gasteiger partial charge is 0.212 e. The van der Waals surface area contributed by atoms with Crippen LogP contribution in [0.5, 0.6) is 0 Å². The summed E-state index contributed by atoms with van der Waals surface area (Å²) < 4.78 is 26.5. The van der Waals surface area contributed by atoms with E-state index in [2.05, 4.69) is 20.8 Å². The molecule has 1 aliphatic rings. The van der Waals surface area contributed by atoms with E-state index in [-0.39, 0.29) is 17.2 Å². The Hall–Kier alpha value is 0.200. The Bertz CT molecular complexity index is 344. The average Bonchev–Trinajstić information content (AvgIpc) is 2.17. The van der Waals surface area contributed by atoms with Crippen LogP contribution in [0.1, 0.15) is 52.9 Å². The Labute approximate surface area is 117 Å². The molecule has 0 N–H and O–H groups in total. The topological polar surface area (TPSA) is 37.4 Å². The lowest BCUT2D eigenvalue weighted by molar-refractivity contribution is 0.218. The molecule has 0 saturated heterocycles. The van der Waals surface area contributed by atoms with E-state index >= 15 is 0 Å². The molecule has 0 spiro atoms. The Kier molecular flexibility index (Phi) is 5.94. The zero-order valence-electron chi connectivity index (χ0n) is 11.8. The van der Waals surface area contributed by atoms with E-state index < -0.39 is 10.0 Å². The summed E-state index contributed by atoms with van der Waals surface area (Å²) in [6, 6.07) is 0.234. The van der Waals surface area contributed by atoms with Gasteiger partial charge in [-0.05, 0) is 31.1 Å². The predicted octanol–water partition coefficient (Wildman–Crippen LogP) is 3.24. The second-order valence-corrected chi connectivity index (χ2v) is 8.78. The molecule has 5 heteroatoms. The van der Waals surface area contributed by atoms with Crippen molar-refractivity contribution in [2.75, 3.05) is 18.2 Å². The van der Waals surface area contributed by atoms with Crippen molar-refractivity contribution in [3.05, 3.63) is 0 Å². The van der Waals surface area contributed by atoms with Crippen LogP contribution >= 0.6 is 11.6 Å². The van der Waals surface area contributed by atoms with E-state index in [0.717, 1.165) is 25.7 Å². The molecule has 0 heterocycles. The first-order chi connectivity index (χ1) is 8.26. The molecule has 0 amide bonds. The summed E-state index contributed by atoms with van der Waals surface area (Å²) >= 11 is 5.69. The summed E-state index contributed by atoms with van der Waals surface area (Å²) in [6.07, 6.45) is 4.62. The van der Waals surface area contributed by atoms with Gasteiger partial charge in [0.15, 0.2) is 0 Å². The fraction of sp³-hybridized carbons (Fsp3) is 1.00. The molecule has 0 bridgehead atoms. The zero-order chi connectivity index (χ0) is 13.8. The van der Waals surface area contributed by atoms with Crippen LogP contribution in [0.25, 0.3) is 0 Å². The van der Waals surface area contributed by atoms with Gasteiger partial charge in [0.1, 0.15) is 0 Å². The van der Waals surface area contributed by atoms with Crippen LogP contribution in [0.15, 0.2) is 0 Å². The summed E-state index contributed by atoms with van der Waals surface area (Å²) in [6.45, 7) is 6.82. The quantitative estimate of drug-likeness (QED) is 0.676. The third-order valence-corrected chi connectivity index (χ3v) is 5.64. The molecule has 0 aliphatic heterocycles. The highest BCUT2D eigenvalue weighted by Gasteiger charge is 2.33. The van der Waals surface area contributed by atoms with E-state index in [0.29, 0.717) is 18.8 Å². The Morgan fingerprint density at radius 1 is 1.28 bits per heavy atom. The molecule has 108 valence electrons. The molecule has 0 aromatic rings. The molecule has 1 aliphatic carbocycles. The lowest BCUT2D eigenvalue weighted by Gasteiger charge is -2.37. The second-order valence-electron chi connectivity index (χ2n) is 6.36. The summed E-state index contributed by atoms with van der Waals surface area (Å²) in [4.78, 5) is 0. The van der Waals surface area contributed by atoms with Crippen molar-refractivity contribution in [2.24, 2.45) is 5.41 Å². The lowest BCUT2D eigenvalue weighted by atomic mass is 9.93. The monoisotopic (exact) mass is 295 g/mol. The molecular formula is C13H26ClNO2S. The van der Waals surface area contributed by atoms with Crippen LogP contribution in [0.3, 0.4) is 0 Å². The van der Waals surface area contributed by atoms with E-state index in [1.807, 2.05) is 0 Å². The van der Waals surface area contributed by atoms with Crippen molar-refractivity contribution in [2.45, 2.75) is 58.9 Å². The number of halogens is 1. The minimum atomic E-state index is -3.11. The van der Waals surface area contributed by atoms with Gasteiger partial charge in [-0.2, -0.15) is 4.31 Å². The molecule has 1 saturated carbocycles. The molecule has 0 radical (unpaired) electrons. The normalized spacial score (nSPS) is 18.1. The first kappa shape index (κ1) is 16.3. The lowest BCUT2D eigenvalue weighted by Crippen LogP contribution is -2.46. The molecule has 18 heavy (non-hydrogen) atoms. The number of alkyl halides is 1. The van der Waals surface area contributed by atoms with Crippen molar-refractivity contribution in [3.63, 3.8) is 0 Å². The van der Waals surface area contributed by atoms with Crippen LogP contribution in [-0.2, 0) is 10.0 Å². The second kappa shape index (κ2) is 6.58. The van der Waals surface area contributed by atoms with Crippen molar-refractivity contribution < 1.29 is 8.42 Å². The summed E-state index contributed by atoms with van der Waals surface area (Å²) in [5.74, 6) is 0.785. The van der Waals surface area contributed by atoms with E-state index in [4.69, 9.17) is 11.6 Å². The number of hydrogen-bond acceptors (Lipinski definition) is 2. The van der Waals surface area contributed by atoms with Gasteiger partial charge in [0.25, 0.3) is 0 Å². The Morgan fingerprint density at radius 3 is 2.28 bits per heavy atom. The van der Waals surface area contributed by atoms with Crippen molar-refractivity contribution in [1.82, 2.24) is 4.31 Å². The van der Waals surface area contributed by atoms with Gasteiger partial charge in [-0.3, -0.25) is 0 Å². The predicted molar refractivity (Wildman–Crippen MR) is 77.5 cm³/mol. The van der Waals surface area contributed by atoms with E-state index in [1.165, 1.54) is 0 Å². The van der Waals surface area contributed by atoms with Gasteiger partial charge in [-0.1, -0.05) is 27.2 Å². The first-order valence-electron chi connectivity index (χ1n) is 6.82. The third-order valence-electron chi connectivity index (χ3n) is 3.46. The number of nitrogens with zero attached hydrogens (tertiary/aromatic N) is 1. The molecule has 0 aromatic carbocycles. The maximum absolute atomic E-state index is 12.4. The SMILES string of the molecule is CC(C)(C)CCS(=O)(=O)N(CCCCl)C1CCC1. The fourth-order valence-corrected chi connectivity index (χ4v) is 4.29. The largest absolute Gasteiger partial charge is 0.214 e. The maximum atomic E-state index is 12.4. The summed E-state index contributed by atoms with van der Waals surface area (Å²) in [7, 11) is -3.11. The highest BCUT2D eigenvalue weighted by atomic mass is 35.5. The molecule has 0 aromatic heterocycles. The van der Waals surface area contributed by atoms with E-state index in [9.17, 15) is 8.42 Å². The average molecular weight is 296 g/mol. The summed E-state index contributed by atoms with van der Waals surface area (Å²) in [5, 5.41) is 0. The molecular weight excluding hydrogens is 270 g/mol. The van der Waals surface area contributed by atoms with Crippen molar-refractivity contribution >= 4 is 21.6 Å². The highest BCUT2D eigenvalue weighted by Crippen LogP contribution is 2.29. The number of sulfonamides is 1. The summed E-state index contributed by atoms with van der Waals surface area (Å²) in [5.41, 5.74) is 0.0604. The van der Waals surface area contributed by atoms with Crippen molar-refractivity contribution in [1.29, 1.82) is 0 Å². The Balaban J connectivity index is 2.63. The first-order valence-corrected chi connectivity index (χ1v) is 8.96. The van der Waals surface area contributed by atoms with Crippen molar-refractivity contribution in [3.8, 4) is 0 Å². The molecule has 1 fully saturated rings. The van der Waals surface area contributed by atoms with Crippen LogP contribution in [0.4, 0.5) is 0 Å². The molecule has 0 atom stereocenters. The van der Waals surface area contributed by atoms with Gasteiger partial charge < -0.3 is 0 Å². The standard InChI is InChI=1S/C13H26ClNO2S/c1-13(2,3)8-11-18(16,17)15(10-5-9-14)12-6-4-7-12/h12H,4-11H2,1-3H3. The van der Waals surface area contributed by atoms with E-state index in [1.54, 1.807) is 4.31 Å². The minimum absolute atomic E-state index is 0.0604. The Morgan fingerprint density at radius 2 is 1.89 bits per heavy atom. The van der Waals surface area contributed by atoms with Crippen LogP contribution in [0.2, 0.25) is 0 Å². The molecule has 3 nitrogen and oxygen atoms in total. The van der Waals surface area contributed by atoms with Gasteiger partial charge in [0.2, 0.25) is 10.0 Å². The minimum Gasteiger partial charge on any atom is -0.212 e. The van der Waals surface area contributed by atoms with Crippen LogP contribution < -0.4 is 0 Å². The molecule has 0 unspecified atom stereocenters. The van der Waals surface area contributed by atoms with Crippen LogP contribution in [0, 0.1) is 5.41 Å². The number of hydrogen-bond donors (Lipinski definition) is 0. The molecule has 1 rings (SSSR count). The zero-order valence-corrected chi connectivity index (χ0v) is 13.4. The van der Waals surface area contributed by atoms with Gasteiger partial charge in [-0.15, -0.1) is 11.6 Å². The number of rotatable bonds is 7. The van der Waals surface area contributed by atoms with Gasteiger partial charge in [-0.25, -0.2) is 8.42 Å².